The summed E-state index contributed by atoms with van der Waals surface area (Å²) in [5.41, 5.74) is 2.85. The molecule has 0 spiro atoms. The molecular weight excluding hydrogens is 328 g/mol. The van der Waals surface area contributed by atoms with Crippen LogP contribution in [0.1, 0.15) is 31.4 Å². The molecule has 1 atom stereocenters. The fourth-order valence-electron chi connectivity index (χ4n) is 3.62. The van der Waals surface area contributed by atoms with Crippen LogP contribution in [0.25, 0.3) is 11.0 Å². The highest BCUT2D eigenvalue weighted by molar-refractivity contribution is 5.80. The van der Waals surface area contributed by atoms with Gasteiger partial charge in [0.2, 0.25) is 5.91 Å². The molecule has 0 N–H and O–H groups in total. The van der Waals surface area contributed by atoms with E-state index in [1.807, 2.05) is 48.2 Å². The van der Waals surface area contributed by atoms with Gasteiger partial charge in [-0.25, -0.2) is 4.68 Å². The molecule has 2 aromatic carbocycles. The Labute approximate surface area is 152 Å². The van der Waals surface area contributed by atoms with E-state index in [4.69, 9.17) is 4.74 Å². The molecule has 6 nitrogen and oxygen atoms in total. The summed E-state index contributed by atoms with van der Waals surface area (Å²) in [6, 6.07) is 15.9. The summed E-state index contributed by atoms with van der Waals surface area (Å²) in [4.78, 5) is 14.9. The Morgan fingerprint density at radius 3 is 2.81 bits per heavy atom. The van der Waals surface area contributed by atoms with E-state index < -0.39 is 0 Å². The number of amides is 1. The molecule has 1 amide bonds. The Balaban J connectivity index is 1.51. The molecule has 134 valence electrons. The largest absolute Gasteiger partial charge is 0.494 e. The van der Waals surface area contributed by atoms with Gasteiger partial charge in [0.05, 0.1) is 18.2 Å². The summed E-state index contributed by atoms with van der Waals surface area (Å²) in [6.45, 7) is 3.62. The maximum Gasteiger partial charge on any atom is 0.244 e. The number of likely N-dealkylation sites (tertiary alicyclic amines) is 1. The molecule has 26 heavy (non-hydrogen) atoms. The van der Waals surface area contributed by atoms with Crippen molar-refractivity contribution < 1.29 is 9.53 Å². The van der Waals surface area contributed by atoms with E-state index in [-0.39, 0.29) is 18.5 Å². The standard InChI is InChI=1S/C20H22N4O2/c1-2-26-16-11-9-15(10-12-16)18-8-5-13-23(18)20(25)14-24-19-7-4-3-6-17(19)21-22-24/h3-4,6-7,9-12,18H,2,5,8,13-14H2,1H3. The Bertz CT molecular complexity index is 904. The molecular formula is C20H22N4O2. The van der Waals surface area contributed by atoms with Crippen LogP contribution >= 0.6 is 0 Å². The first-order chi connectivity index (χ1) is 12.8. The number of nitrogens with zero attached hydrogens (tertiary/aromatic N) is 4. The maximum absolute atomic E-state index is 12.9. The molecule has 1 aliphatic rings. The van der Waals surface area contributed by atoms with Crippen LogP contribution in [0, 0.1) is 0 Å². The van der Waals surface area contributed by atoms with Gasteiger partial charge in [0.25, 0.3) is 0 Å². The van der Waals surface area contributed by atoms with Crippen LogP contribution in [0.15, 0.2) is 48.5 Å². The minimum atomic E-state index is 0.0806. The minimum Gasteiger partial charge on any atom is -0.494 e. The van der Waals surface area contributed by atoms with Crippen molar-refractivity contribution in [3.05, 3.63) is 54.1 Å². The number of carbonyl (C=O) groups is 1. The van der Waals surface area contributed by atoms with Crippen LogP contribution in [0.5, 0.6) is 5.75 Å². The van der Waals surface area contributed by atoms with Crippen LogP contribution in [0.2, 0.25) is 0 Å². The predicted molar refractivity (Wildman–Crippen MR) is 98.8 cm³/mol. The number of ether oxygens (including phenoxy) is 1. The summed E-state index contributed by atoms with van der Waals surface area (Å²) in [6.07, 6.45) is 2.00. The smallest absolute Gasteiger partial charge is 0.244 e. The Hall–Kier alpha value is -2.89. The van der Waals surface area contributed by atoms with E-state index in [1.165, 1.54) is 0 Å². The molecule has 1 fully saturated rings. The quantitative estimate of drug-likeness (QED) is 0.709. The van der Waals surface area contributed by atoms with Crippen LogP contribution in [-0.2, 0) is 11.3 Å². The molecule has 0 radical (unpaired) electrons. The second-order valence-corrected chi connectivity index (χ2v) is 6.48. The molecule has 0 saturated carbocycles. The summed E-state index contributed by atoms with van der Waals surface area (Å²) < 4.78 is 7.20. The topological polar surface area (TPSA) is 60.2 Å². The molecule has 1 aromatic heterocycles. The summed E-state index contributed by atoms with van der Waals surface area (Å²) in [5, 5.41) is 8.27. The van der Waals surface area contributed by atoms with Crippen molar-refractivity contribution in [3.8, 4) is 5.75 Å². The number of fused-ring (bicyclic) bond motifs is 1. The number of aromatic nitrogens is 3. The van der Waals surface area contributed by atoms with Gasteiger partial charge in [0.1, 0.15) is 17.8 Å². The molecule has 1 unspecified atom stereocenters. The zero-order valence-electron chi connectivity index (χ0n) is 14.8. The first kappa shape index (κ1) is 16.6. The number of carbonyl (C=O) groups excluding carboxylic acids is 1. The van der Waals surface area contributed by atoms with Crippen molar-refractivity contribution in [1.29, 1.82) is 0 Å². The van der Waals surface area contributed by atoms with Gasteiger partial charge < -0.3 is 9.64 Å². The molecule has 0 bridgehead atoms. The fourth-order valence-corrected chi connectivity index (χ4v) is 3.62. The molecule has 1 saturated heterocycles. The average molecular weight is 350 g/mol. The van der Waals surface area contributed by atoms with E-state index >= 15 is 0 Å². The summed E-state index contributed by atoms with van der Waals surface area (Å²) in [5.74, 6) is 0.943. The van der Waals surface area contributed by atoms with Crippen molar-refractivity contribution in [2.75, 3.05) is 13.2 Å². The third-order valence-electron chi connectivity index (χ3n) is 4.85. The van der Waals surface area contributed by atoms with Gasteiger partial charge in [-0.1, -0.05) is 29.5 Å². The summed E-state index contributed by atoms with van der Waals surface area (Å²) in [7, 11) is 0. The second-order valence-electron chi connectivity index (χ2n) is 6.48. The van der Waals surface area contributed by atoms with Gasteiger partial charge in [-0.15, -0.1) is 5.10 Å². The minimum absolute atomic E-state index is 0.0806. The first-order valence-corrected chi connectivity index (χ1v) is 9.06. The molecule has 1 aliphatic heterocycles. The zero-order valence-corrected chi connectivity index (χ0v) is 14.8. The van der Waals surface area contributed by atoms with E-state index in [2.05, 4.69) is 22.4 Å². The normalized spacial score (nSPS) is 17.0. The number of hydrogen-bond donors (Lipinski definition) is 0. The third-order valence-corrected chi connectivity index (χ3v) is 4.85. The molecule has 0 aliphatic carbocycles. The lowest BCUT2D eigenvalue weighted by Crippen LogP contribution is -2.33. The zero-order chi connectivity index (χ0) is 17.9. The van der Waals surface area contributed by atoms with E-state index in [0.29, 0.717) is 6.61 Å². The van der Waals surface area contributed by atoms with Crippen molar-refractivity contribution in [3.63, 3.8) is 0 Å². The SMILES string of the molecule is CCOc1ccc(C2CCCN2C(=O)Cn2nnc3ccccc32)cc1. The van der Waals surface area contributed by atoms with Crippen molar-refractivity contribution in [2.45, 2.75) is 32.4 Å². The van der Waals surface area contributed by atoms with Crippen LogP contribution < -0.4 is 4.74 Å². The number of benzene rings is 2. The molecule has 3 aromatic rings. The van der Waals surface area contributed by atoms with Crippen molar-refractivity contribution in [2.24, 2.45) is 0 Å². The summed E-state index contributed by atoms with van der Waals surface area (Å²) >= 11 is 0. The van der Waals surface area contributed by atoms with Crippen LogP contribution in [0.3, 0.4) is 0 Å². The first-order valence-electron chi connectivity index (χ1n) is 9.06. The van der Waals surface area contributed by atoms with Gasteiger partial charge in [-0.05, 0) is 49.6 Å². The third kappa shape index (κ3) is 3.14. The molecule has 2 heterocycles. The van der Waals surface area contributed by atoms with Gasteiger partial charge in [0.15, 0.2) is 0 Å². The van der Waals surface area contributed by atoms with Gasteiger partial charge >= 0.3 is 0 Å². The Kier molecular flexibility index (Phi) is 4.56. The van der Waals surface area contributed by atoms with E-state index in [1.54, 1.807) is 4.68 Å². The van der Waals surface area contributed by atoms with Gasteiger partial charge in [-0.2, -0.15) is 0 Å². The predicted octanol–water partition coefficient (Wildman–Crippen LogP) is 3.19. The highest BCUT2D eigenvalue weighted by atomic mass is 16.5. The van der Waals surface area contributed by atoms with Gasteiger partial charge in [0, 0.05) is 6.54 Å². The highest BCUT2D eigenvalue weighted by Crippen LogP contribution is 2.33. The Morgan fingerprint density at radius 1 is 1.19 bits per heavy atom. The average Bonchev–Trinajstić information content (AvgIpc) is 3.30. The second kappa shape index (κ2) is 7.15. The monoisotopic (exact) mass is 350 g/mol. The molecule has 4 rings (SSSR count). The van der Waals surface area contributed by atoms with Crippen molar-refractivity contribution >= 4 is 16.9 Å². The fraction of sp³-hybridized carbons (Fsp3) is 0.350. The number of para-hydroxylation sites is 1. The highest BCUT2D eigenvalue weighted by Gasteiger charge is 2.30. The number of hydrogen-bond acceptors (Lipinski definition) is 4. The Morgan fingerprint density at radius 2 is 2.00 bits per heavy atom. The lowest BCUT2D eigenvalue weighted by molar-refractivity contribution is -0.132. The van der Waals surface area contributed by atoms with E-state index in [0.717, 1.165) is 41.7 Å². The lowest BCUT2D eigenvalue weighted by atomic mass is 10.0. The van der Waals surface area contributed by atoms with Crippen LogP contribution in [0.4, 0.5) is 0 Å². The van der Waals surface area contributed by atoms with E-state index in [9.17, 15) is 4.79 Å². The number of rotatable bonds is 5. The van der Waals surface area contributed by atoms with Gasteiger partial charge in [-0.3, -0.25) is 4.79 Å². The molecule has 6 heteroatoms. The lowest BCUT2D eigenvalue weighted by Gasteiger charge is -2.25. The van der Waals surface area contributed by atoms with Crippen molar-refractivity contribution in [1.82, 2.24) is 19.9 Å². The van der Waals surface area contributed by atoms with Crippen LogP contribution in [-0.4, -0.2) is 39.0 Å². The maximum atomic E-state index is 12.9.